The van der Waals surface area contributed by atoms with Crippen LogP contribution < -0.4 is 5.32 Å². The Labute approximate surface area is 117 Å². The van der Waals surface area contributed by atoms with Crippen molar-refractivity contribution in [3.63, 3.8) is 0 Å². The standard InChI is InChI=1S/C11H12BrN3O2S/c1-13-7-5-16-4-6(7)11-14-10(15-17-11)8-2-3-9(12)18-8/h2-3,6-7,13H,4-5H2,1H3. The van der Waals surface area contributed by atoms with E-state index in [1.54, 1.807) is 11.3 Å². The third-order valence-electron chi connectivity index (χ3n) is 3.00. The summed E-state index contributed by atoms with van der Waals surface area (Å²) in [5, 5.41) is 7.24. The van der Waals surface area contributed by atoms with Crippen LogP contribution in [0.5, 0.6) is 0 Å². The summed E-state index contributed by atoms with van der Waals surface area (Å²) in [6, 6.07) is 4.20. The van der Waals surface area contributed by atoms with Crippen LogP contribution in [0.2, 0.25) is 0 Å². The van der Waals surface area contributed by atoms with E-state index in [9.17, 15) is 0 Å². The van der Waals surface area contributed by atoms with Crippen molar-refractivity contribution >= 4 is 27.3 Å². The number of halogens is 1. The van der Waals surface area contributed by atoms with Crippen molar-refractivity contribution in [1.82, 2.24) is 15.5 Å². The molecule has 18 heavy (non-hydrogen) atoms. The molecule has 7 heteroatoms. The third kappa shape index (κ3) is 2.23. The maximum Gasteiger partial charge on any atom is 0.234 e. The van der Waals surface area contributed by atoms with E-state index in [-0.39, 0.29) is 12.0 Å². The lowest BCUT2D eigenvalue weighted by atomic mass is 10.0. The monoisotopic (exact) mass is 329 g/mol. The van der Waals surface area contributed by atoms with E-state index in [4.69, 9.17) is 9.26 Å². The average Bonchev–Trinajstić information content (AvgIpc) is 3.07. The lowest BCUT2D eigenvalue weighted by molar-refractivity contribution is 0.185. The summed E-state index contributed by atoms with van der Waals surface area (Å²) in [6.07, 6.45) is 0. The van der Waals surface area contributed by atoms with E-state index in [2.05, 4.69) is 31.4 Å². The molecule has 1 saturated heterocycles. The second-order valence-corrected chi connectivity index (χ2v) is 6.56. The summed E-state index contributed by atoms with van der Waals surface area (Å²) in [5.41, 5.74) is 0. The summed E-state index contributed by atoms with van der Waals surface area (Å²) < 4.78 is 11.9. The van der Waals surface area contributed by atoms with Gasteiger partial charge in [0.15, 0.2) is 0 Å². The van der Waals surface area contributed by atoms with Crippen LogP contribution in [0.1, 0.15) is 11.8 Å². The Kier molecular flexibility index (Phi) is 3.47. The van der Waals surface area contributed by atoms with E-state index >= 15 is 0 Å². The van der Waals surface area contributed by atoms with Gasteiger partial charge in [0, 0.05) is 6.04 Å². The summed E-state index contributed by atoms with van der Waals surface area (Å²) in [4.78, 5) is 5.46. The van der Waals surface area contributed by atoms with Gasteiger partial charge in [-0.25, -0.2) is 0 Å². The van der Waals surface area contributed by atoms with Gasteiger partial charge in [-0.05, 0) is 35.1 Å². The Morgan fingerprint density at radius 2 is 2.33 bits per heavy atom. The van der Waals surface area contributed by atoms with Gasteiger partial charge in [-0.3, -0.25) is 0 Å². The fraction of sp³-hybridized carbons (Fsp3) is 0.455. The van der Waals surface area contributed by atoms with Crippen molar-refractivity contribution in [1.29, 1.82) is 0 Å². The summed E-state index contributed by atoms with van der Waals surface area (Å²) in [6.45, 7) is 1.31. The van der Waals surface area contributed by atoms with E-state index in [0.717, 1.165) is 8.66 Å². The molecule has 0 aliphatic carbocycles. The highest BCUT2D eigenvalue weighted by Gasteiger charge is 2.33. The van der Waals surface area contributed by atoms with Crippen LogP contribution in [0.3, 0.4) is 0 Å². The Balaban J connectivity index is 1.85. The Hall–Kier alpha value is -0.760. The van der Waals surface area contributed by atoms with E-state index in [1.807, 2.05) is 19.2 Å². The van der Waals surface area contributed by atoms with Gasteiger partial charge in [0.1, 0.15) is 0 Å². The largest absolute Gasteiger partial charge is 0.379 e. The number of rotatable bonds is 3. The first kappa shape index (κ1) is 12.3. The van der Waals surface area contributed by atoms with Gasteiger partial charge in [-0.15, -0.1) is 11.3 Å². The van der Waals surface area contributed by atoms with E-state index in [0.29, 0.717) is 24.9 Å². The quantitative estimate of drug-likeness (QED) is 0.935. The molecule has 2 aromatic rings. The van der Waals surface area contributed by atoms with Gasteiger partial charge in [-0.2, -0.15) is 4.98 Å². The third-order valence-corrected chi connectivity index (χ3v) is 4.62. The number of ether oxygens (including phenoxy) is 1. The fourth-order valence-corrected chi connectivity index (χ4v) is 3.31. The molecule has 2 unspecified atom stereocenters. The second kappa shape index (κ2) is 5.08. The van der Waals surface area contributed by atoms with E-state index in [1.165, 1.54) is 0 Å². The topological polar surface area (TPSA) is 60.2 Å². The van der Waals surface area contributed by atoms with Gasteiger partial charge in [-0.1, -0.05) is 5.16 Å². The molecule has 2 aromatic heterocycles. The molecular formula is C11H12BrN3O2S. The lowest BCUT2D eigenvalue weighted by Gasteiger charge is -2.11. The number of hydrogen-bond donors (Lipinski definition) is 1. The minimum atomic E-state index is 0.139. The SMILES string of the molecule is CNC1COCC1c1nc(-c2ccc(Br)s2)no1. The molecule has 1 N–H and O–H groups in total. The van der Waals surface area contributed by atoms with Crippen LogP contribution in [-0.4, -0.2) is 36.4 Å². The molecule has 0 saturated carbocycles. The van der Waals surface area contributed by atoms with Gasteiger partial charge in [0.25, 0.3) is 0 Å². The predicted octanol–water partition coefficient (Wildman–Crippen LogP) is 2.26. The zero-order valence-corrected chi connectivity index (χ0v) is 12.1. The minimum Gasteiger partial charge on any atom is -0.379 e. The van der Waals surface area contributed by atoms with Crippen molar-refractivity contribution in [3.8, 4) is 10.7 Å². The van der Waals surface area contributed by atoms with Crippen LogP contribution in [0.25, 0.3) is 10.7 Å². The highest BCUT2D eigenvalue weighted by Crippen LogP contribution is 2.31. The number of thiophene rings is 1. The predicted molar refractivity (Wildman–Crippen MR) is 71.7 cm³/mol. The van der Waals surface area contributed by atoms with Crippen LogP contribution in [0.4, 0.5) is 0 Å². The normalized spacial score (nSPS) is 23.7. The van der Waals surface area contributed by atoms with Crippen LogP contribution in [0, 0.1) is 0 Å². The zero-order valence-electron chi connectivity index (χ0n) is 9.72. The maximum absolute atomic E-state index is 5.44. The van der Waals surface area contributed by atoms with Gasteiger partial charge >= 0.3 is 0 Å². The molecule has 0 bridgehead atoms. The summed E-state index contributed by atoms with van der Waals surface area (Å²) in [5.74, 6) is 1.42. The Bertz CT molecular complexity index is 542. The average molecular weight is 330 g/mol. The van der Waals surface area contributed by atoms with Crippen LogP contribution in [0.15, 0.2) is 20.4 Å². The lowest BCUT2D eigenvalue weighted by Crippen LogP contribution is -2.31. The number of aromatic nitrogens is 2. The molecule has 1 aliphatic heterocycles. The number of nitrogens with one attached hydrogen (secondary N) is 1. The summed E-state index contributed by atoms with van der Waals surface area (Å²) >= 11 is 5.01. The Morgan fingerprint density at radius 3 is 3.06 bits per heavy atom. The highest BCUT2D eigenvalue weighted by molar-refractivity contribution is 9.11. The summed E-state index contributed by atoms with van der Waals surface area (Å²) in [7, 11) is 1.92. The number of nitrogens with zero attached hydrogens (tertiary/aromatic N) is 2. The molecule has 2 atom stereocenters. The maximum atomic E-state index is 5.44. The minimum absolute atomic E-state index is 0.139. The van der Waals surface area contributed by atoms with Gasteiger partial charge < -0.3 is 14.6 Å². The number of hydrogen-bond acceptors (Lipinski definition) is 6. The first-order chi connectivity index (χ1) is 8.78. The van der Waals surface area contributed by atoms with Crippen molar-refractivity contribution in [2.45, 2.75) is 12.0 Å². The molecule has 96 valence electrons. The first-order valence-corrected chi connectivity index (χ1v) is 7.23. The van der Waals surface area contributed by atoms with Crippen LogP contribution in [-0.2, 0) is 4.74 Å². The molecule has 5 nitrogen and oxygen atoms in total. The number of likely N-dealkylation sites (N-methyl/N-ethyl adjacent to an activating group) is 1. The molecule has 3 rings (SSSR count). The fourth-order valence-electron chi connectivity index (χ4n) is 2.00. The molecule has 0 radical (unpaired) electrons. The van der Waals surface area contributed by atoms with Crippen molar-refractivity contribution < 1.29 is 9.26 Å². The molecule has 0 aromatic carbocycles. The zero-order chi connectivity index (χ0) is 12.5. The molecule has 0 spiro atoms. The molecule has 0 amide bonds. The van der Waals surface area contributed by atoms with Crippen molar-refractivity contribution in [3.05, 3.63) is 21.8 Å². The highest BCUT2D eigenvalue weighted by atomic mass is 79.9. The Morgan fingerprint density at radius 1 is 1.44 bits per heavy atom. The molecule has 3 heterocycles. The molecule has 1 aliphatic rings. The van der Waals surface area contributed by atoms with Crippen molar-refractivity contribution in [2.24, 2.45) is 0 Å². The first-order valence-electron chi connectivity index (χ1n) is 5.62. The molecule has 1 fully saturated rings. The molecular weight excluding hydrogens is 318 g/mol. The van der Waals surface area contributed by atoms with Gasteiger partial charge in [0.2, 0.25) is 11.7 Å². The van der Waals surface area contributed by atoms with Gasteiger partial charge in [0.05, 0.1) is 27.8 Å². The van der Waals surface area contributed by atoms with E-state index < -0.39 is 0 Å². The van der Waals surface area contributed by atoms with Crippen LogP contribution >= 0.6 is 27.3 Å². The van der Waals surface area contributed by atoms with Crippen molar-refractivity contribution in [2.75, 3.05) is 20.3 Å². The second-order valence-electron chi connectivity index (χ2n) is 4.10. The smallest absolute Gasteiger partial charge is 0.234 e.